The number of carbonyl (C=O) groups excluding carboxylic acids is 1. The molecular formula is C24H33F3N6O2S. The van der Waals surface area contributed by atoms with Crippen molar-refractivity contribution in [2.24, 2.45) is 12.5 Å². The van der Waals surface area contributed by atoms with Crippen molar-refractivity contribution >= 4 is 17.2 Å². The van der Waals surface area contributed by atoms with Gasteiger partial charge in [0.25, 0.3) is 5.19 Å². The number of nitrogens with zero attached hydrogens (tertiary/aromatic N) is 5. The van der Waals surface area contributed by atoms with Gasteiger partial charge in [-0.1, -0.05) is 11.3 Å². The Morgan fingerprint density at radius 1 is 1.17 bits per heavy atom. The van der Waals surface area contributed by atoms with E-state index in [2.05, 4.69) is 25.4 Å². The monoisotopic (exact) mass is 526 g/mol. The Kier molecular flexibility index (Phi) is 7.01. The number of ether oxygens (including phenoxy) is 1. The Bertz CT molecular complexity index is 1030. The molecule has 1 amide bonds. The Morgan fingerprint density at radius 2 is 1.89 bits per heavy atom. The Labute approximate surface area is 212 Å². The van der Waals surface area contributed by atoms with E-state index in [1.165, 1.54) is 16.1 Å². The van der Waals surface area contributed by atoms with Gasteiger partial charge in [-0.15, -0.1) is 0 Å². The van der Waals surface area contributed by atoms with Gasteiger partial charge in [0.1, 0.15) is 0 Å². The molecule has 8 nitrogen and oxygen atoms in total. The van der Waals surface area contributed by atoms with Crippen LogP contribution in [0.1, 0.15) is 61.2 Å². The molecule has 0 atom stereocenters. The number of alkyl halides is 3. The summed E-state index contributed by atoms with van der Waals surface area (Å²) in [7, 11) is 1.75. The molecule has 3 fully saturated rings. The van der Waals surface area contributed by atoms with E-state index in [1.54, 1.807) is 13.2 Å². The number of aromatic nitrogens is 4. The third-order valence-corrected chi connectivity index (χ3v) is 9.26. The van der Waals surface area contributed by atoms with E-state index in [1.807, 2.05) is 0 Å². The molecule has 2 aromatic heterocycles. The van der Waals surface area contributed by atoms with Gasteiger partial charge < -0.3 is 15.0 Å². The van der Waals surface area contributed by atoms with Crippen LogP contribution in [0, 0.1) is 5.41 Å². The SMILES string of the molecule is Cn1ncc(CC(=O)NC23CCC(CCN4CCc5nc(OCC(F)(F)F)sc5CC4)(CC2)CC3)n1. The lowest BCUT2D eigenvalue weighted by Gasteiger charge is -2.54. The number of hydrogen-bond donors (Lipinski definition) is 1. The van der Waals surface area contributed by atoms with Gasteiger partial charge in [0.05, 0.1) is 24.0 Å². The molecule has 3 saturated carbocycles. The minimum absolute atomic E-state index is 0.0301. The second-order valence-corrected chi connectivity index (χ2v) is 11.7. The maximum Gasteiger partial charge on any atom is 0.422 e. The van der Waals surface area contributed by atoms with E-state index in [0.29, 0.717) is 11.1 Å². The van der Waals surface area contributed by atoms with E-state index in [9.17, 15) is 18.0 Å². The van der Waals surface area contributed by atoms with Crippen LogP contribution in [0.15, 0.2) is 6.20 Å². The average Bonchev–Trinajstić information content (AvgIpc) is 3.37. The zero-order chi connectivity index (χ0) is 25.4. The van der Waals surface area contributed by atoms with Gasteiger partial charge in [0.2, 0.25) is 5.91 Å². The number of carbonyl (C=O) groups is 1. The normalized spacial score (nSPS) is 26.4. The number of rotatable bonds is 8. The topological polar surface area (TPSA) is 85.2 Å². The quantitative estimate of drug-likeness (QED) is 0.567. The van der Waals surface area contributed by atoms with E-state index in [-0.39, 0.29) is 23.1 Å². The predicted molar refractivity (Wildman–Crippen MR) is 128 cm³/mol. The summed E-state index contributed by atoms with van der Waals surface area (Å²) in [5.74, 6) is 0.0301. The molecule has 0 unspecified atom stereocenters. The number of halogens is 3. The van der Waals surface area contributed by atoms with Crippen LogP contribution in [0.3, 0.4) is 0 Å². The van der Waals surface area contributed by atoms with Crippen molar-refractivity contribution in [1.82, 2.24) is 30.2 Å². The predicted octanol–water partition coefficient (Wildman–Crippen LogP) is 3.46. The molecule has 1 N–H and O–H groups in total. The van der Waals surface area contributed by atoms with Gasteiger partial charge in [0, 0.05) is 37.0 Å². The smallest absolute Gasteiger partial charge is 0.422 e. The lowest BCUT2D eigenvalue weighted by atomic mass is 9.56. The third-order valence-electron chi connectivity index (χ3n) is 8.19. The molecule has 0 saturated heterocycles. The van der Waals surface area contributed by atoms with E-state index < -0.39 is 12.8 Å². The minimum Gasteiger partial charge on any atom is -0.460 e. The molecular weight excluding hydrogens is 493 g/mol. The molecule has 12 heteroatoms. The van der Waals surface area contributed by atoms with Crippen molar-refractivity contribution in [3.63, 3.8) is 0 Å². The van der Waals surface area contributed by atoms with Crippen LogP contribution in [-0.2, 0) is 31.1 Å². The van der Waals surface area contributed by atoms with Crippen LogP contribution in [0.4, 0.5) is 13.2 Å². The van der Waals surface area contributed by atoms with Gasteiger partial charge >= 0.3 is 6.18 Å². The van der Waals surface area contributed by atoms with Crippen LogP contribution in [0.2, 0.25) is 0 Å². The van der Waals surface area contributed by atoms with Crippen molar-refractivity contribution in [1.29, 1.82) is 0 Å². The molecule has 2 bridgehead atoms. The Balaban J connectivity index is 1.07. The summed E-state index contributed by atoms with van der Waals surface area (Å²) in [5.41, 5.74) is 1.86. The van der Waals surface area contributed by atoms with E-state index in [0.717, 1.165) is 88.0 Å². The zero-order valence-corrected chi connectivity index (χ0v) is 21.4. The minimum atomic E-state index is -4.35. The van der Waals surface area contributed by atoms with Crippen LogP contribution < -0.4 is 10.1 Å². The first-order chi connectivity index (χ1) is 17.1. The number of aryl methyl sites for hydroxylation is 1. The second kappa shape index (κ2) is 9.92. The first-order valence-electron chi connectivity index (χ1n) is 12.7. The molecule has 3 aliphatic carbocycles. The van der Waals surface area contributed by atoms with Crippen LogP contribution in [0.25, 0.3) is 0 Å². The fourth-order valence-electron chi connectivity index (χ4n) is 6.01. The lowest BCUT2D eigenvalue weighted by Crippen LogP contribution is -2.57. The second-order valence-electron chi connectivity index (χ2n) is 10.7. The molecule has 198 valence electrons. The maximum atomic E-state index is 12.6. The number of thiazole rings is 1. The first kappa shape index (κ1) is 25.4. The highest BCUT2D eigenvalue weighted by Gasteiger charge is 2.49. The van der Waals surface area contributed by atoms with Gasteiger partial charge in [0.15, 0.2) is 6.61 Å². The molecule has 1 aliphatic heterocycles. The van der Waals surface area contributed by atoms with E-state index in [4.69, 9.17) is 4.74 Å². The van der Waals surface area contributed by atoms with Gasteiger partial charge in [-0.25, -0.2) is 4.98 Å². The van der Waals surface area contributed by atoms with Crippen LogP contribution >= 0.6 is 11.3 Å². The van der Waals surface area contributed by atoms with Crippen molar-refractivity contribution in [3.8, 4) is 5.19 Å². The maximum absolute atomic E-state index is 12.6. The largest absolute Gasteiger partial charge is 0.460 e. The lowest BCUT2D eigenvalue weighted by molar-refractivity contribution is -0.153. The summed E-state index contributed by atoms with van der Waals surface area (Å²) in [4.78, 5) is 21.9. The molecule has 0 radical (unpaired) electrons. The van der Waals surface area contributed by atoms with Gasteiger partial charge in [-0.05, 0) is 63.3 Å². The van der Waals surface area contributed by atoms with Crippen molar-refractivity contribution in [2.45, 2.75) is 75.9 Å². The van der Waals surface area contributed by atoms with E-state index >= 15 is 0 Å². The fourth-order valence-corrected chi connectivity index (χ4v) is 6.95. The van der Waals surface area contributed by atoms with Crippen LogP contribution in [-0.4, -0.2) is 68.7 Å². The zero-order valence-electron chi connectivity index (χ0n) is 20.6. The average molecular weight is 527 g/mol. The number of nitrogens with one attached hydrogen (secondary N) is 1. The summed E-state index contributed by atoms with van der Waals surface area (Å²) < 4.78 is 42.1. The van der Waals surface area contributed by atoms with Crippen LogP contribution in [0.5, 0.6) is 5.19 Å². The Hall–Kier alpha value is -2.21. The molecule has 0 spiro atoms. The summed E-state index contributed by atoms with van der Waals surface area (Å²) in [5, 5.41) is 11.7. The molecule has 36 heavy (non-hydrogen) atoms. The third kappa shape index (κ3) is 6.01. The highest BCUT2D eigenvalue weighted by molar-refractivity contribution is 7.13. The molecule has 2 aromatic rings. The van der Waals surface area contributed by atoms with Crippen molar-refractivity contribution in [3.05, 3.63) is 22.5 Å². The van der Waals surface area contributed by atoms with Crippen molar-refractivity contribution in [2.75, 3.05) is 26.2 Å². The first-order valence-corrected chi connectivity index (χ1v) is 13.5. The summed E-state index contributed by atoms with van der Waals surface area (Å²) >= 11 is 1.25. The Morgan fingerprint density at radius 3 is 2.56 bits per heavy atom. The highest BCUT2D eigenvalue weighted by atomic mass is 32.1. The molecule has 3 heterocycles. The standard InChI is InChI=1S/C24H33F3N6O2S/c1-32-28-15-17(31-32)14-20(34)30-23-7-4-22(5-8-23,6-9-23)10-13-33-11-2-18-19(3-12-33)36-21(29-18)35-16-24(25,26)27/h15H,2-14,16H2,1H3,(H,30,34). The molecule has 6 rings (SSSR count). The number of hydrogen-bond acceptors (Lipinski definition) is 7. The summed E-state index contributed by atoms with van der Waals surface area (Å²) in [6, 6.07) is 0. The fraction of sp³-hybridized carbons (Fsp3) is 0.750. The van der Waals surface area contributed by atoms with Crippen molar-refractivity contribution < 1.29 is 22.7 Å². The van der Waals surface area contributed by atoms with Gasteiger partial charge in [-0.2, -0.15) is 28.2 Å². The molecule has 0 aromatic carbocycles. The van der Waals surface area contributed by atoms with Gasteiger partial charge in [-0.3, -0.25) is 4.79 Å². The molecule has 4 aliphatic rings. The number of amides is 1. The summed E-state index contributed by atoms with van der Waals surface area (Å²) in [6.45, 7) is 1.50. The highest BCUT2D eigenvalue weighted by Crippen LogP contribution is 2.54. The number of fused-ring (bicyclic) bond motifs is 4. The summed E-state index contributed by atoms with van der Waals surface area (Å²) in [6.07, 6.45) is 6.77.